The van der Waals surface area contributed by atoms with Gasteiger partial charge in [0.25, 0.3) is 0 Å². The van der Waals surface area contributed by atoms with Gasteiger partial charge in [-0.1, -0.05) is 20.3 Å². The molecule has 1 atom stereocenters. The lowest BCUT2D eigenvalue weighted by atomic mass is 9.70. The Kier molecular flexibility index (Phi) is 5.96. The highest BCUT2D eigenvalue weighted by atomic mass is 79.9. The SMILES string of the molecule is CC1(C)CC(=O)C2=C(C1)N(c1sc3c(c1C#N)CCCCC3)C(N)=C(C#N)C2c1ccc(Br)s1. The van der Waals surface area contributed by atoms with Gasteiger partial charge in [0.2, 0.25) is 0 Å². The Hall–Kier alpha value is -2.39. The number of nitrogens with zero attached hydrogens (tertiary/aromatic N) is 3. The average Bonchev–Trinajstić information content (AvgIpc) is 3.27. The fraction of sp³-hybridized carbons (Fsp3) is 0.423. The third-order valence-corrected chi connectivity index (χ3v) is 9.94. The zero-order valence-electron chi connectivity index (χ0n) is 19.2. The number of rotatable bonds is 2. The van der Waals surface area contributed by atoms with Gasteiger partial charge in [0.1, 0.15) is 16.9 Å². The van der Waals surface area contributed by atoms with Gasteiger partial charge in [-0.25, -0.2) is 0 Å². The molecule has 2 aliphatic carbocycles. The summed E-state index contributed by atoms with van der Waals surface area (Å²) in [7, 11) is 0. The number of allylic oxidation sites excluding steroid dienone is 3. The molecular formula is C26H25BrN4OS2. The maximum atomic E-state index is 13.6. The van der Waals surface area contributed by atoms with Gasteiger partial charge in [-0.3, -0.25) is 9.69 Å². The number of ketones is 1. The zero-order chi connectivity index (χ0) is 24.2. The second-order valence-corrected chi connectivity index (χ2v) is 13.6. The maximum Gasteiger partial charge on any atom is 0.162 e. The molecule has 2 aromatic heterocycles. The molecule has 0 saturated carbocycles. The van der Waals surface area contributed by atoms with Gasteiger partial charge < -0.3 is 5.73 Å². The van der Waals surface area contributed by atoms with Crippen molar-refractivity contribution in [2.24, 2.45) is 11.1 Å². The van der Waals surface area contributed by atoms with Crippen molar-refractivity contribution in [2.45, 2.75) is 64.7 Å². The first-order chi connectivity index (χ1) is 16.3. The number of thiophene rings is 2. The molecule has 0 radical (unpaired) electrons. The molecule has 0 amide bonds. The highest BCUT2D eigenvalue weighted by Gasteiger charge is 2.46. The van der Waals surface area contributed by atoms with Crippen LogP contribution in [0, 0.1) is 28.1 Å². The smallest absolute Gasteiger partial charge is 0.162 e. The van der Waals surface area contributed by atoms with Gasteiger partial charge in [-0.2, -0.15) is 10.5 Å². The summed E-state index contributed by atoms with van der Waals surface area (Å²) in [6.45, 7) is 4.19. The molecule has 8 heteroatoms. The van der Waals surface area contributed by atoms with E-state index in [9.17, 15) is 15.3 Å². The second-order valence-electron chi connectivity index (χ2n) is 9.98. The standard InChI is InChI=1S/C26H25BrN4OS2/c1-26(2)10-17-23(18(32)11-26)22(20-8-9-21(27)33-20)16(13-29)24(30)31(17)25-15(12-28)14-6-4-3-5-7-19(14)34-25/h8-9,22H,3-7,10-11,30H2,1-2H3. The van der Waals surface area contributed by atoms with E-state index in [1.54, 1.807) is 11.3 Å². The van der Waals surface area contributed by atoms with E-state index in [0.717, 1.165) is 50.6 Å². The van der Waals surface area contributed by atoms with E-state index in [1.165, 1.54) is 22.6 Å². The number of carbonyl (C=O) groups excluding carboxylic acids is 1. The first-order valence-corrected chi connectivity index (χ1v) is 13.9. The highest BCUT2D eigenvalue weighted by Crippen LogP contribution is 2.53. The summed E-state index contributed by atoms with van der Waals surface area (Å²) >= 11 is 6.66. The van der Waals surface area contributed by atoms with Crippen molar-refractivity contribution in [3.63, 3.8) is 0 Å². The Labute approximate surface area is 216 Å². The summed E-state index contributed by atoms with van der Waals surface area (Å²) in [5, 5.41) is 21.2. The average molecular weight is 554 g/mol. The Morgan fingerprint density at radius 1 is 1.12 bits per heavy atom. The Bertz CT molecular complexity index is 1350. The van der Waals surface area contributed by atoms with Crippen LogP contribution < -0.4 is 10.6 Å². The van der Waals surface area contributed by atoms with Crippen molar-refractivity contribution in [1.82, 2.24) is 0 Å². The number of anilines is 1. The summed E-state index contributed by atoms with van der Waals surface area (Å²) in [5.41, 5.74) is 10.2. The molecule has 0 spiro atoms. The summed E-state index contributed by atoms with van der Waals surface area (Å²) in [6, 6.07) is 8.69. The van der Waals surface area contributed by atoms with Crippen molar-refractivity contribution in [3.05, 3.63) is 59.5 Å². The number of hydrogen-bond donors (Lipinski definition) is 1. The van der Waals surface area contributed by atoms with E-state index in [-0.39, 0.29) is 11.2 Å². The molecule has 0 bridgehead atoms. The van der Waals surface area contributed by atoms with Crippen LogP contribution in [0.4, 0.5) is 5.00 Å². The predicted molar refractivity (Wildman–Crippen MR) is 139 cm³/mol. The number of nitriles is 2. The van der Waals surface area contributed by atoms with E-state index >= 15 is 0 Å². The lowest BCUT2D eigenvalue weighted by molar-refractivity contribution is -0.118. The van der Waals surface area contributed by atoms with E-state index in [0.29, 0.717) is 35.4 Å². The largest absolute Gasteiger partial charge is 0.384 e. The first-order valence-electron chi connectivity index (χ1n) is 11.5. The Morgan fingerprint density at radius 2 is 1.88 bits per heavy atom. The molecular weight excluding hydrogens is 528 g/mol. The van der Waals surface area contributed by atoms with E-state index in [4.69, 9.17) is 5.73 Å². The number of fused-ring (bicyclic) bond motifs is 1. The number of halogens is 1. The molecule has 2 N–H and O–H groups in total. The van der Waals surface area contributed by atoms with Crippen LogP contribution in [0.2, 0.25) is 0 Å². The normalized spacial score (nSPS) is 22.1. The minimum Gasteiger partial charge on any atom is -0.384 e. The van der Waals surface area contributed by atoms with Crippen LogP contribution in [0.25, 0.3) is 0 Å². The monoisotopic (exact) mass is 552 g/mol. The minimum absolute atomic E-state index is 0.0580. The minimum atomic E-state index is -0.473. The first kappa shape index (κ1) is 23.4. The number of nitrogens with two attached hydrogens (primary N) is 1. The molecule has 5 rings (SSSR count). The molecule has 3 heterocycles. The predicted octanol–water partition coefficient (Wildman–Crippen LogP) is 6.65. The van der Waals surface area contributed by atoms with Crippen LogP contribution in [-0.2, 0) is 17.6 Å². The number of carbonyl (C=O) groups is 1. The van der Waals surface area contributed by atoms with Crippen LogP contribution in [0.15, 0.2) is 38.6 Å². The van der Waals surface area contributed by atoms with Crippen molar-refractivity contribution in [1.29, 1.82) is 10.5 Å². The Morgan fingerprint density at radius 3 is 2.56 bits per heavy atom. The fourth-order valence-corrected chi connectivity index (χ4v) is 8.43. The molecule has 0 saturated heterocycles. The third-order valence-electron chi connectivity index (χ3n) is 6.98. The summed E-state index contributed by atoms with van der Waals surface area (Å²) < 4.78 is 0.945. The van der Waals surface area contributed by atoms with Gasteiger partial charge in [0.05, 0.1) is 26.9 Å². The van der Waals surface area contributed by atoms with Crippen LogP contribution in [-0.4, -0.2) is 5.78 Å². The molecule has 1 aliphatic heterocycles. The zero-order valence-corrected chi connectivity index (χ0v) is 22.4. The van der Waals surface area contributed by atoms with Gasteiger partial charge in [0, 0.05) is 27.4 Å². The van der Waals surface area contributed by atoms with Crippen LogP contribution in [0.3, 0.4) is 0 Å². The van der Waals surface area contributed by atoms with Crippen molar-refractivity contribution in [2.75, 3.05) is 4.90 Å². The Balaban J connectivity index is 1.78. The molecule has 2 aromatic rings. The molecule has 174 valence electrons. The van der Waals surface area contributed by atoms with Gasteiger partial charge in [-0.15, -0.1) is 22.7 Å². The van der Waals surface area contributed by atoms with Gasteiger partial charge in [-0.05, 0) is 71.1 Å². The molecule has 1 unspecified atom stereocenters. The summed E-state index contributed by atoms with van der Waals surface area (Å²) in [4.78, 5) is 17.7. The second kappa shape index (κ2) is 8.68. The number of Topliss-reactive ketones (excluding diaryl/α,β-unsaturated/α-hetero) is 1. The lowest BCUT2D eigenvalue weighted by Crippen LogP contribution is -2.42. The highest BCUT2D eigenvalue weighted by molar-refractivity contribution is 9.11. The molecule has 5 nitrogen and oxygen atoms in total. The van der Waals surface area contributed by atoms with Crippen molar-refractivity contribution < 1.29 is 4.79 Å². The number of aryl methyl sites for hydroxylation is 1. The van der Waals surface area contributed by atoms with Crippen molar-refractivity contribution in [3.8, 4) is 12.1 Å². The van der Waals surface area contributed by atoms with Crippen LogP contribution >= 0.6 is 38.6 Å². The van der Waals surface area contributed by atoms with Crippen molar-refractivity contribution >= 4 is 49.4 Å². The quantitative estimate of drug-likeness (QED) is 0.420. The van der Waals surface area contributed by atoms with E-state index < -0.39 is 5.92 Å². The fourth-order valence-electron chi connectivity index (χ4n) is 5.51. The topological polar surface area (TPSA) is 93.9 Å². The molecule has 3 aliphatic rings. The maximum absolute atomic E-state index is 13.6. The molecule has 34 heavy (non-hydrogen) atoms. The number of hydrogen-bond acceptors (Lipinski definition) is 7. The van der Waals surface area contributed by atoms with E-state index in [2.05, 4.69) is 41.9 Å². The molecule has 0 aromatic carbocycles. The third kappa shape index (κ3) is 3.73. The molecule has 0 fully saturated rings. The van der Waals surface area contributed by atoms with Gasteiger partial charge in [0.15, 0.2) is 5.78 Å². The lowest BCUT2D eigenvalue weighted by Gasteiger charge is -2.43. The summed E-state index contributed by atoms with van der Waals surface area (Å²) in [5.74, 6) is -0.0729. The van der Waals surface area contributed by atoms with Crippen LogP contribution in [0.1, 0.15) is 72.8 Å². The summed E-state index contributed by atoms with van der Waals surface area (Å²) in [6.07, 6.45) is 6.28. The van der Waals surface area contributed by atoms with Gasteiger partial charge >= 0.3 is 0 Å². The van der Waals surface area contributed by atoms with E-state index in [1.807, 2.05) is 17.0 Å². The van der Waals surface area contributed by atoms with Crippen LogP contribution in [0.5, 0.6) is 0 Å².